The first-order valence-electron chi connectivity index (χ1n) is 10.9. The molecule has 2 amide bonds. The number of aryl methyl sites for hydroxylation is 1. The first-order valence-corrected chi connectivity index (χ1v) is 11.3. The number of carbonyl (C=O) groups excluding carboxylic acids is 2. The lowest BCUT2D eigenvalue weighted by Gasteiger charge is -2.28. The molecule has 5 rings (SSSR count). The summed E-state index contributed by atoms with van der Waals surface area (Å²) in [6.07, 6.45) is 1.43. The van der Waals surface area contributed by atoms with Gasteiger partial charge in [0.1, 0.15) is 28.6 Å². The van der Waals surface area contributed by atoms with Crippen molar-refractivity contribution < 1.29 is 18.7 Å². The SMILES string of the molecule is Cc1ccc(-c2ccc(/C=C3/C(=O)NC(=S)N(c4ccc(Oc5ccccc5)cc4)C3=O)o2)cc1. The molecule has 0 bridgehead atoms. The lowest BCUT2D eigenvalue weighted by molar-refractivity contribution is -0.122. The number of benzene rings is 3. The normalized spacial score (nSPS) is 14.8. The standard InChI is InChI=1S/C28H20N2O4S/c1-18-7-9-19(10-8-18)25-16-15-23(34-25)17-24-26(31)29-28(35)30(27(24)32)20-11-13-22(14-12-20)33-21-5-3-2-4-6-21/h2-17H,1H3,(H,29,31,35)/b24-17-. The number of para-hydroxylation sites is 1. The fraction of sp³-hybridized carbons (Fsp3) is 0.0357. The first-order chi connectivity index (χ1) is 17.0. The maximum absolute atomic E-state index is 13.3. The Hall–Kier alpha value is -4.49. The van der Waals surface area contributed by atoms with E-state index in [-0.39, 0.29) is 10.7 Å². The zero-order valence-electron chi connectivity index (χ0n) is 18.7. The van der Waals surface area contributed by atoms with E-state index in [0.29, 0.717) is 28.7 Å². The van der Waals surface area contributed by atoms with Crippen molar-refractivity contribution in [1.82, 2.24) is 5.32 Å². The predicted octanol–water partition coefficient (Wildman–Crippen LogP) is 5.88. The van der Waals surface area contributed by atoms with Gasteiger partial charge in [-0.25, -0.2) is 0 Å². The summed E-state index contributed by atoms with van der Waals surface area (Å²) in [5.74, 6) is 1.22. The van der Waals surface area contributed by atoms with Gasteiger partial charge in [0.25, 0.3) is 11.8 Å². The van der Waals surface area contributed by atoms with Gasteiger partial charge in [0, 0.05) is 5.56 Å². The third-order valence-corrected chi connectivity index (χ3v) is 5.71. The smallest absolute Gasteiger partial charge is 0.270 e. The third kappa shape index (κ3) is 4.76. The van der Waals surface area contributed by atoms with Crippen LogP contribution in [0.15, 0.2) is 101 Å². The van der Waals surface area contributed by atoms with Crippen LogP contribution in [0.4, 0.5) is 5.69 Å². The summed E-state index contributed by atoms with van der Waals surface area (Å²) in [6, 6.07) is 27.7. The molecule has 6 nitrogen and oxygen atoms in total. The average molecular weight is 481 g/mol. The van der Waals surface area contributed by atoms with Gasteiger partial charge in [-0.15, -0.1) is 0 Å². The van der Waals surface area contributed by atoms with Crippen molar-refractivity contribution in [2.45, 2.75) is 6.92 Å². The Bertz CT molecular complexity index is 1440. The topological polar surface area (TPSA) is 71.8 Å². The molecule has 1 aliphatic rings. The van der Waals surface area contributed by atoms with E-state index in [1.165, 1.54) is 11.0 Å². The highest BCUT2D eigenvalue weighted by Crippen LogP contribution is 2.28. The number of carbonyl (C=O) groups is 2. The number of amides is 2. The highest BCUT2D eigenvalue weighted by atomic mass is 32.1. The largest absolute Gasteiger partial charge is 0.457 e. The van der Waals surface area contributed by atoms with Crippen LogP contribution in [0.1, 0.15) is 11.3 Å². The maximum Gasteiger partial charge on any atom is 0.270 e. The number of hydrogen-bond acceptors (Lipinski definition) is 5. The molecule has 7 heteroatoms. The van der Waals surface area contributed by atoms with E-state index in [1.54, 1.807) is 36.4 Å². The second kappa shape index (κ2) is 9.40. The number of anilines is 1. The van der Waals surface area contributed by atoms with Crippen LogP contribution < -0.4 is 15.0 Å². The number of nitrogens with zero attached hydrogens (tertiary/aromatic N) is 1. The van der Waals surface area contributed by atoms with Crippen LogP contribution in [-0.2, 0) is 9.59 Å². The molecule has 1 aromatic heterocycles. The Morgan fingerprint density at radius 3 is 2.26 bits per heavy atom. The molecule has 1 aliphatic heterocycles. The van der Waals surface area contributed by atoms with Crippen molar-refractivity contribution in [1.29, 1.82) is 0 Å². The molecule has 0 aliphatic carbocycles. The van der Waals surface area contributed by atoms with Crippen LogP contribution in [0.2, 0.25) is 0 Å². The zero-order valence-corrected chi connectivity index (χ0v) is 19.5. The number of hydrogen-bond donors (Lipinski definition) is 1. The number of rotatable bonds is 5. The molecule has 2 heterocycles. The van der Waals surface area contributed by atoms with Crippen molar-refractivity contribution in [2.75, 3.05) is 4.90 Å². The monoisotopic (exact) mass is 480 g/mol. The molecule has 3 aromatic carbocycles. The molecule has 4 aromatic rings. The average Bonchev–Trinajstić information content (AvgIpc) is 3.32. The van der Waals surface area contributed by atoms with Crippen LogP contribution in [0.25, 0.3) is 17.4 Å². The quantitative estimate of drug-likeness (QED) is 0.219. The molecule has 35 heavy (non-hydrogen) atoms. The summed E-state index contributed by atoms with van der Waals surface area (Å²) in [7, 11) is 0. The van der Waals surface area contributed by atoms with Crippen LogP contribution in [0.5, 0.6) is 11.5 Å². The Morgan fingerprint density at radius 2 is 1.54 bits per heavy atom. The number of furan rings is 1. The molecule has 0 saturated carbocycles. The van der Waals surface area contributed by atoms with Gasteiger partial charge in [0.05, 0.1) is 5.69 Å². The molecular weight excluding hydrogens is 460 g/mol. The van der Waals surface area contributed by atoms with Gasteiger partial charge in [-0.05, 0) is 73.7 Å². The van der Waals surface area contributed by atoms with E-state index in [2.05, 4.69) is 5.32 Å². The molecule has 0 radical (unpaired) electrons. The third-order valence-electron chi connectivity index (χ3n) is 5.42. The first kappa shape index (κ1) is 22.3. The molecule has 0 spiro atoms. The predicted molar refractivity (Wildman–Crippen MR) is 138 cm³/mol. The molecule has 1 N–H and O–H groups in total. The Kier molecular flexibility index (Phi) is 5.99. The van der Waals surface area contributed by atoms with Crippen molar-refractivity contribution in [2.24, 2.45) is 0 Å². The van der Waals surface area contributed by atoms with Crippen LogP contribution >= 0.6 is 12.2 Å². The second-order valence-corrected chi connectivity index (χ2v) is 8.32. The Balaban J connectivity index is 1.38. The van der Waals surface area contributed by atoms with E-state index < -0.39 is 11.8 Å². The van der Waals surface area contributed by atoms with Gasteiger partial charge >= 0.3 is 0 Å². The molecule has 1 fully saturated rings. The van der Waals surface area contributed by atoms with Crippen LogP contribution in [0.3, 0.4) is 0 Å². The van der Waals surface area contributed by atoms with Crippen molar-refractivity contribution in [3.05, 3.63) is 108 Å². The van der Waals surface area contributed by atoms with Gasteiger partial charge in [0.2, 0.25) is 0 Å². The molecule has 0 unspecified atom stereocenters. The number of ether oxygens (including phenoxy) is 1. The minimum Gasteiger partial charge on any atom is -0.457 e. The van der Waals surface area contributed by atoms with Crippen molar-refractivity contribution in [3.63, 3.8) is 0 Å². The van der Waals surface area contributed by atoms with Crippen LogP contribution in [0, 0.1) is 6.92 Å². The fourth-order valence-electron chi connectivity index (χ4n) is 3.63. The summed E-state index contributed by atoms with van der Waals surface area (Å²) in [4.78, 5) is 27.1. The molecule has 1 saturated heterocycles. The zero-order chi connectivity index (χ0) is 24.4. The van der Waals surface area contributed by atoms with E-state index in [9.17, 15) is 9.59 Å². The lowest BCUT2D eigenvalue weighted by atomic mass is 10.1. The van der Waals surface area contributed by atoms with Gasteiger partial charge in [-0.3, -0.25) is 19.8 Å². The van der Waals surface area contributed by atoms with Gasteiger partial charge < -0.3 is 9.15 Å². The van der Waals surface area contributed by atoms with Gasteiger partial charge in [0.15, 0.2) is 5.11 Å². The summed E-state index contributed by atoms with van der Waals surface area (Å²) in [6.45, 7) is 2.01. The van der Waals surface area contributed by atoms with E-state index in [4.69, 9.17) is 21.4 Å². The molecule has 0 atom stereocenters. The lowest BCUT2D eigenvalue weighted by Crippen LogP contribution is -2.54. The van der Waals surface area contributed by atoms with E-state index in [1.807, 2.05) is 61.5 Å². The Morgan fingerprint density at radius 1 is 0.857 bits per heavy atom. The van der Waals surface area contributed by atoms with E-state index in [0.717, 1.165) is 11.1 Å². The van der Waals surface area contributed by atoms with E-state index >= 15 is 0 Å². The fourth-order valence-corrected chi connectivity index (χ4v) is 3.91. The summed E-state index contributed by atoms with van der Waals surface area (Å²) in [5.41, 5.74) is 2.47. The van der Waals surface area contributed by atoms with Gasteiger partial charge in [-0.2, -0.15) is 0 Å². The van der Waals surface area contributed by atoms with Gasteiger partial charge in [-0.1, -0.05) is 48.0 Å². The Labute approximate surface area is 207 Å². The number of nitrogens with one attached hydrogen (secondary N) is 1. The van der Waals surface area contributed by atoms with Crippen molar-refractivity contribution in [3.8, 4) is 22.8 Å². The maximum atomic E-state index is 13.3. The summed E-state index contributed by atoms with van der Waals surface area (Å²) >= 11 is 5.29. The highest BCUT2D eigenvalue weighted by molar-refractivity contribution is 7.80. The molecule has 172 valence electrons. The van der Waals surface area contributed by atoms with Crippen LogP contribution in [-0.4, -0.2) is 16.9 Å². The van der Waals surface area contributed by atoms with Crippen molar-refractivity contribution >= 4 is 40.9 Å². The minimum atomic E-state index is -0.575. The minimum absolute atomic E-state index is 0.00803. The highest BCUT2D eigenvalue weighted by Gasteiger charge is 2.34. The number of thiocarbonyl (C=S) groups is 1. The summed E-state index contributed by atoms with van der Waals surface area (Å²) in [5, 5.41) is 2.59. The summed E-state index contributed by atoms with van der Waals surface area (Å²) < 4.78 is 11.7. The second-order valence-electron chi connectivity index (χ2n) is 7.93. The molecular formula is C28H20N2O4S.